The summed E-state index contributed by atoms with van der Waals surface area (Å²) < 4.78 is 7.57. The second-order valence-electron chi connectivity index (χ2n) is 2.31. The molecule has 1 aliphatic rings. The molecule has 66 valence electrons. The topological polar surface area (TPSA) is 18.5 Å². The van der Waals surface area contributed by atoms with Gasteiger partial charge in [0.25, 0.3) is 0 Å². The Labute approximate surface area is 90.5 Å². The van der Waals surface area contributed by atoms with Crippen LogP contribution in [0, 0.1) is 0 Å². The molecule has 6 heteroatoms. The Hall–Kier alpha value is 0.500. The third-order valence-corrected chi connectivity index (χ3v) is 4.44. The Kier molecular flexibility index (Phi) is 1.89. The molecule has 1 aliphatic heterocycles. The van der Waals surface area contributed by atoms with E-state index in [0.29, 0.717) is 11.5 Å². The molecule has 0 saturated heterocycles. The Morgan fingerprint density at radius 3 is 1.92 bits per heavy atom. The zero-order valence-corrected chi connectivity index (χ0v) is 10.5. The van der Waals surface area contributed by atoms with Crippen molar-refractivity contribution in [1.29, 1.82) is 0 Å². The molecule has 0 fully saturated rings. The van der Waals surface area contributed by atoms with E-state index in [1.165, 1.54) is 0 Å². The Morgan fingerprint density at radius 2 is 1.50 bits per heavy atom. The van der Waals surface area contributed by atoms with Gasteiger partial charge in [0.15, 0.2) is 0 Å². The van der Waals surface area contributed by atoms with Crippen LogP contribution in [0.4, 0.5) is 0 Å². The van der Waals surface area contributed by atoms with Crippen molar-refractivity contribution in [2.75, 3.05) is 0 Å². The van der Waals surface area contributed by atoms with Crippen LogP contribution in [0.2, 0.25) is 0 Å². The number of fused-ring (bicyclic) bond motifs is 1. The molecule has 1 aromatic rings. The van der Waals surface area contributed by atoms with E-state index < -0.39 is 3.81 Å². The van der Waals surface area contributed by atoms with Gasteiger partial charge < -0.3 is 0 Å². The van der Waals surface area contributed by atoms with Gasteiger partial charge in [0.05, 0.1) is 0 Å². The van der Waals surface area contributed by atoms with Crippen molar-refractivity contribution in [3.05, 3.63) is 24.3 Å². The van der Waals surface area contributed by atoms with E-state index in [0.717, 1.165) is 0 Å². The van der Waals surface area contributed by atoms with Gasteiger partial charge in [-0.1, -0.05) is 0 Å². The Bertz CT molecular complexity index is 307. The summed E-state index contributed by atoms with van der Waals surface area (Å²) in [7, 11) is 0. The fourth-order valence-electron chi connectivity index (χ4n) is 0.923. The summed E-state index contributed by atoms with van der Waals surface area (Å²) in [6.07, 6.45) is 0. The maximum atomic E-state index is 6.01. The predicted octanol–water partition coefficient (Wildman–Crippen LogP) is 4.61. The first-order valence-corrected chi connectivity index (χ1v) is 10.1. The second kappa shape index (κ2) is 2.50. The third-order valence-electron chi connectivity index (χ3n) is 1.33. The molecular formula is C6H4Br2ClO2P. The summed E-state index contributed by atoms with van der Waals surface area (Å²) in [4.78, 5) is 0. The molecule has 2 nitrogen and oxygen atoms in total. The van der Waals surface area contributed by atoms with Gasteiger partial charge in [0, 0.05) is 0 Å². The molecule has 0 amide bonds. The van der Waals surface area contributed by atoms with Crippen molar-refractivity contribution in [2.24, 2.45) is 0 Å². The van der Waals surface area contributed by atoms with Crippen LogP contribution in [0.25, 0.3) is 0 Å². The van der Waals surface area contributed by atoms with Crippen molar-refractivity contribution >= 4 is 46.0 Å². The normalized spacial score (nSPS) is 25.8. The second-order valence-corrected chi connectivity index (χ2v) is 18.9. The monoisotopic (exact) mass is 332 g/mol. The van der Waals surface area contributed by atoms with Gasteiger partial charge in [-0.25, -0.2) is 0 Å². The average molecular weight is 334 g/mol. The van der Waals surface area contributed by atoms with Crippen LogP contribution < -0.4 is 9.05 Å². The third kappa shape index (κ3) is 1.72. The molecule has 0 bridgehead atoms. The standard InChI is InChI=1S/C6H4Br2ClO2P/c7-12(8,9)10-5-3-1-2-4-6(5)11-12/h1-4H. The molecule has 0 spiro atoms. The first kappa shape index (κ1) is 9.07. The van der Waals surface area contributed by atoms with Crippen molar-refractivity contribution in [3.63, 3.8) is 0 Å². The van der Waals surface area contributed by atoms with E-state index in [1.807, 2.05) is 12.1 Å². The first-order valence-electron chi connectivity index (χ1n) is 3.11. The van der Waals surface area contributed by atoms with Crippen LogP contribution in [0.15, 0.2) is 24.3 Å². The molecule has 0 saturated carbocycles. The summed E-state index contributed by atoms with van der Waals surface area (Å²) in [6.45, 7) is 0. The number of rotatable bonds is 0. The van der Waals surface area contributed by atoms with Gasteiger partial charge in [-0.05, 0) is 0 Å². The number of para-hydroxylation sites is 2. The van der Waals surface area contributed by atoms with Gasteiger partial charge in [-0.2, -0.15) is 0 Å². The molecule has 2 rings (SSSR count). The summed E-state index contributed by atoms with van der Waals surface area (Å²) in [5.74, 6) is 1.30. The summed E-state index contributed by atoms with van der Waals surface area (Å²) >= 11 is 12.4. The minimum absolute atomic E-state index is 0.652. The van der Waals surface area contributed by atoms with E-state index in [9.17, 15) is 0 Å². The molecule has 1 heterocycles. The minimum atomic E-state index is -3.21. The fraction of sp³-hybridized carbons (Fsp3) is 0. The molecule has 0 aliphatic carbocycles. The SMILES string of the molecule is ClP1(Br)(Br)Oc2ccccc2O1. The number of benzene rings is 1. The van der Waals surface area contributed by atoms with Crippen molar-refractivity contribution in [3.8, 4) is 11.5 Å². The van der Waals surface area contributed by atoms with Crippen LogP contribution in [0.1, 0.15) is 0 Å². The molecular weight excluding hydrogens is 330 g/mol. The van der Waals surface area contributed by atoms with Gasteiger partial charge in [0.2, 0.25) is 0 Å². The Morgan fingerprint density at radius 1 is 1.08 bits per heavy atom. The van der Waals surface area contributed by atoms with Gasteiger partial charge >= 0.3 is 90.8 Å². The van der Waals surface area contributed by atoms with Crippen LogP contribution in [-0.4, -0.2) is 0 Å². The quantitative estimate of drug-likeness (QED) is 0.645. The molecule has 0 atom stereocenters. The van der Waals surface area contributed by atoms with E-state index in [4.69, 9.17) is 20.3 Å². The van der Waals surface area contributed by atoms with Gasteiger partial charge in [0.1, 0.15) is 0 Å². The summed E-state index contributed by atoms with van der Waals surface area (Å²) in [6, 6.07) is 7.32. The van der Waals surface area contributed by atoms with Crippen LogP contribution >= 0.6 is 46.0 Å². The van der Waals surface area contributed by atoms with Crippen molar-refractivity contribution in [1.82, 2.24) is 0 Å². The molecule has 12 heavy (non-hydrogen) atoms. The first-order chi connectivity index (χ1) is 5.44. The molecule has 0 aromatic heterocycles. The van der Waals surface area contributed by atoms with Crippen molar-refractivity contribution in [2.45, 2.75) is 0 Å². The van der Waals surface area contributed by atoms with E-state index in [1.54, 1.807) is 12.1 Å². The average Bonchev–Trinajstić information content (AvgIpc) is 2.16. The molecule has 0 unspecified atom stereocenters. The zero-order valence-electron chi connectivity index (χ0n) is 5.71. The predicted molar refractivity (Wildman–Crippen MR) is 58.3 cm³/mol. The fourth-order valence-corrected chi connectivity index (χ4v) is 4.19. The zero-order chi connectivity index (χ0) is 8.84. The Balaban J connectivity index is 2.47. The number of halogens is 3. The number of hydrogen-bond donors (Lipinski definition) is 0. The maximum absolute atomic E-state index is 6.01. The van der Waals surface area contributed by atoms with Crippen molar-refractivity contribution < 1.29 is 9.05 Å². The van der Waals surface area contributed by atoms with Crippen LogP contribution in [0.3, 0.4) is 0 Å². The van der Waals surface area contributed by atoms with Gasteiger partial charge in [-0.15, -0.1) is 0 Å². The number of hydrogen-bond acceptors (Lipinski definition) is 2. The van der Waals surface area contributed by atoms with Gasteiger partial charge in [-0.3, -0.25) is 0 Å². The summed E-state index contributed by atoms with van der Waals surface area (Å²) in [5.41, 5.74) is 0. The molecule has 0 radical (unpaired) electrons. The van der Waals surface area contributed by atoms with E-state index >= 15 is 0 Å². The van der Waals surface area contributed by atoms with Crippen LogP contribution in [-0.2, 0) is 0 Å². The molecule has 0 N–H and O–H groups in total. The summed E-state index contributed by atoms with van der Waals surface area (Å²) in [5, 5.41) is 0. The van der Waals surface area contributed by atoms with Crippen LogP contribution in [0.5, 0.6) is 11.5 Å². The van der Waals surface area contributed by atoms with E-state index in [2.05, 4.69) is 31.0 Å². The van der Waals surface area contributed by atoms with E-state index in [-0.39, 0.29) is 0 Å². The molecule has 1 aromatic carbocycles.